The van der Waals surface area contributed by atoms with Crippen molar-refractivity contribution in [1.82, 2.24) is 5.32 Å². The average molecular weight is 438 g/mol. The van der Waals surface area contributed by atoms with Crippen LogP contribution >= 0.6 is 0 Å². The number of hydrogen-bond acceptors (Lipinski definition) is 6. The number of ether oxygens (including phenoxy) is 2. The minimum absolute atomic E-state index is 0.214. The molecule has 0 atom stereocenters. The van der Waals surface area contributed by atoms with Gasteiger partial charge in [-0.15, -0.1) is 0 Å². The van der Waals surface area contributed by atoms with Gasteiger partial charge in [-0.05, 0) is 48.4 Å². The third-order valence-electron chi connectivity index (χ3n) is 4.01. The molecular formula is C20H23FN2O6S. The number of benzene rings is 2. The Morgan fingerprint density at radius 3 is 2.20 bits per heavy atom. The van der Waals surface area contributed by atoms with Gasteiger partial charge in [-0.1, -0.05) is 6.07 Å². The topological polar surface area (TPSA) is 111 Å². The van der Waals surface area contributed by atoms with Gasteiger partial charge in [-0.25, -0.2) is 12.8 Å². The number of carbonyl (C=O) groups is 2. The first-order valence-corrected chi connectivity index (χ1v) is 10.8. The van der Waals surface area contributed by atoms with Gasteiger partial charge in [0.05, 0.1) is 14.2 Å². The second-order valence-corrected chi connectivity index (χ2v) is 8.44. The molecular weight excluding hydrogens is 415 g/mol. The highest BCUT2D eigenvalue weighted by Crippen LogP contribution is 2.27. The van der Waals surface area contributed by atoms with E-state index in [-0.39, 0.29) is 12.2 Å². The summed E-state index contributed by atoms with van der Waals surface area (Å²) in [6, 6.07) is 10.2. The fourth-order valence-corrected chi connectivity index (χ4v) is 3.69. The number of carbonyl (C=O) groups excluding carboxylic acids is 2. The van der Waals surface area contributed by atoms with Crippen molar-refractivity contribution in [1.29, 1.82) is 0 Å². The van der Waals surface area contributed by atoms with E-state index in [2.05, 4.69) is 10.6 Å². The number of halogens is 1. The molecule has 2 N–H and O–H groups in total. The summed E-state index contributed by atoms with van der Waals surface area (Å²) in [5.41, 5.74) is 1.13. The van der Waals surface area contributed by atoms with Crippen LogP contribution in [-0.2, 0) is 25.8 Å². The summed E-state index contributed by atoms with van der Waals surface area (Å²) in [6.45, 7) is 0.214. The van der Waals surface area contributed by atoms with E-state index in [0.717, 1.165) is 17.7 Å². The molecule has 2 amide bonds. The van der Waals surface area contributed by atoms with Crippen molar-refractivity contribution in [3.63, 3.8) is 0 Å². The van der Waals surface area contributed by atoms with Crippen LogP contribution in [0.1, 0.15) is 5.56 Å². The zero-order valence-corrected chi connectivity index (χ0v) is 17.4. The number of amides is 2. The lowest BCUT2D eigenvalue weighted by atomic mass is 10.1. The third-order valence-corrected chi connectivity index (χ3v) is 5.42. The summed E-state index contributed by atoms with van der Waals surface area (Å²) >= 11 is 0. The molecule has 0 radical (unpaired) electrons. The van der Waals surface area contributed by atoms with E-state index in [1.54, 1.807) is 12.1 Å². The Balaban J connectivity index is 1.80. The summed E-state index contributed by atoms with van der Waals surface area (Å²) in [5, 5.41) is 4.86. The predicted octanol–water partition coefficient (Wildman–Crippen LogP) is 1.56. The van der Waals surface area contributed by atoms with Crippen LogP contribution in [0.15, 0.2) is 42.5 Å². The maximum absolute atomic E-state index is 12.9. The van der Waals surface area contributed by atoms with Crippen LogP contribution in [0.25, 0.3) is 0 Å². The quantitative estimate of drug-likeness (QED) is 0.582. The van der Waals surface area contributed by atoms with Gasteiger partial charge in [-0.2, -0.15) is 0 Å². The van der Waals surface area contributed by atoms with Gasteiger partial charge in [0.25, 0.3) is 0 Å². The summed E-state index contributed by atoms with van der Waals surface area (Å²) in [6.07, 6.45) is 0.456. The van der Waals surface area contributed by atoms with E-state index in [1.807, 2.05) is 6.07 Å². The van der Waals surface area contributed by atoms with Crippen LogP contribution in [0.2, 0.25) is 0 Å². The first-order valence-electron chi connectivity index (χ1n) is 8.96. The smallest absolute Gasteiger partial charge is 0.239 e. The molecule has 0 aromatic heterocycles. The number of methoxy groups -OCH3 is 2. The van der Waals surface area contributed by atoms with Crippen molar-refractivity contribution in [2.75, 3.05) is 37.6 Å². The number of rotatable bonds is 10. The average Bonchev–Trinajstić information content (AvgIpc) is 2.68. The normalized spacial score (nSPS) is 10.9. The molecule has 0 aliphatic carbocycles. The molecule has 0 unspecified atom stereocenters. The van der Waals surface area contributed by atoms with Crippen LogP contribution in [-0.4, -0.2) is 52.5 Å². The third kappa shape index (κ3) is 7.36. The number of nitrogens with one attached hydrogen (secondary N) is 2. The summed E-state index contributed by atoms with van der Waals surface area (Å²) in [4.78, 5) is 23.8. The molecule has 162 valence electrons. The van der Waals surface area contributed by atoms with Crippen molar-refractivity contribution in [3.05, 3.63) is 53.8 Å². The zero-order valence-electron chi connectivity index (χ0n) is 16.6. The monoisotopic (exact) mass is 438 g/mol. The van der Waals surface area contributed by atoms with E-state index in [1.165, 1.54) is 26.4 Å². The predicted molar refractivity (Wildman–Crippen MR) is 110 cm³/mol. The van der Waals surface area contributed by atoms with E-state index >= 15 is 0 Å². The second kappa shape index (κ2) is 10.6. The molecule has 0 saturated heterocycles. The number of hydrogen-bond donors (Lipinski definition) is 2. The molecule has 0 spiro atoms. The fourth-order valence-electron chi connectivity index (χ4n) is 2.61. The number of anilines is 1. The van der Waals surface area contributed by atoms with Gasteiger partial charge in [0.2, 0.25) is 11.8 Å². The zero-order chi connectivity index (χ0) is 22.1. The van der Waals surface area contributed by atoms with Gasteiger partial charge in [0, 0.05) is 12.2 Å². The van der Waals surface area contributed by atoms with Crippen LogP contribution in [0, 0.1) is 5.82 Å². The van der Waals surface area contributed by atoms with Crippen molar-refractivity contribution in [2.24, 2.45) is 0 Å². The largest absolute Gasteiger partial charge is 0.493 e. The van der Waals surface area contributed by atoms with Gasteiger partial charge >= 0.3 is 0 Å². The van der Waals surface area contributed by atoms with Crippen molar-refractivity contribution in [2.45, 2.75) is 6.42 Å². The Morgan fingerprint density at radius 2 is 1.57 bits per heavy atom. The molecule has 0 fully saturated rings. The highest BCUT2D eigenvalue weighted by molar-refractivity contribution is 7.92. The molecule has 0 aliphatic rings. The highest BCUT2D eigenvalue weighted by atomic mass is 32.2. The van der Waals surface area contributed by atoms with Gasteiger partial charge < -0.3 is 20.1 Å². The molecule has 2 rings (SSSR count). The van der Waals surface area contributed by atoms with E-state index < -0.39 is 39.0 Å². The van der Waals surface area contributed by atoms with Gasteiger partial charge in [0.1, 0.15) is 17.3 Å². The first kappa shape index (κ1) is 23.1. The SMILES string of the molecule is COc1ccc(CCNC(=O)CS(=O)(=O)CC(=O)Nc2ccc(F)cc2)cc1OC. The molecule has 0 heterocycles. The van der Waals surface area contributed by atoms with E-state index in [0.29, 0.717) is 17.9 Å². The maximum atomic E-state index is 12.9. The Kier molecular flexibility index (Phi) is 8.16. The first-order chi connectivity index (χ1) is 14.2. The summed E-state index contributed by atoms with van der Waals surface area (Å²) < 4.78 is 47.4. The fraction of sp³-hybridized carbons (Fsp3) is 0.300. The molecule has 8 nitrogen and oxygen atoms in total. The standard InChI is InChI=1S/C20H23FN2O6S/c1-28-17-8-3-14(11-18(17)29-2)9-10-22-19(24)12-30(26,27)13-20(25)23-16-6-4-15(21)5-7-16/h3-8,11H,9-10,12-13H2,1-2H3,(H,22,24)(H,23,25). The van der Waals surface area contributed by atoms with E-state index in [4.69, 9.17) is 9.47 Å². The Hall–Kier alpha value is -3.14. The van der Waals surface area contributed by atoms with Crippen molar-refractivity contribution in [3.8, 4) is 11.5 Å². The molecule has 10 heteroatoms. The highest BCUT2D eigenvalue weighted by Gasteiger charge is 2.21. The summed E-state index contributed by atoms with van der Waals surface area (Å²) in [5.74, 6) is -2.52. The van der Waals surface area contributed by atoms with Gasteiger partial charge in [-0.3, -0.25) is 9.59 Å². The lowest BCUT2D eigenvalue weighted by Crippen LogP contribution is -2.35. The van der Waals surface area contributed by atoms with Crippen LogP contribution in [0.3, 0.4) is 0 Å². The Morgan fingerprint density at radius 1 is 0.933 bits per heavy atom. The molecule has 30 heavy (non-hydrogen) atoms. The maximum Gasteiger partial charge on any atom is 0.239 e. The van der Waals surface area contributed by atoms with Gasteiger partial charge in [0.15, 0.2) is 21.3 Å². The van der Waals surface area contributed by atoms with E-state index in [9.17, 15) is 22.4 Å². The van der Waals surface area contributed by atoms with Crippen molar-refractivity contribution >= 4 is 27.3 Å². The lowest BCUT2D eigenvalue weighted by molar-refractivity contribution is -0.118. The molecule has 2 aromatic rings. The minimum Gasteiger partial charge on any atom is -0.493 e. The molecule has 0 bridgehead atoms. The van der Waals surface area contributed by atoms with Crippen LogP contribution in [0.4, 0.5) is 10.1 Å². The Labute approximate surface area is 174 Å². The second-order valence-electron chi connectivity index (χ2n) is 6.38. The summed E-state index contributed by atoms with van der Waals surface area (Å²) in [7, 11) is -0.917. The van der Waals surface area contributed by atoms with Crippen LogP contribution < -0.4 is 20.1 Å². The van der Waals surface area contributed by atoms with Crippen LogP contribution in [0.5, 0.6) is 11.5 Å². The molecule has 2 aromatic carbocycles. The number of sulfone groups is 1. The minimum atomic E-state index is -3.96. The van der Waals surface area contributed by atoms with Crippen molar-refractivity contribution < 1.29 is 31.9 Å². The lowest BCUT2D eigenvalue weighted by Gasteiger charge is -2.10. The Bertz CT molecular complexity index is 993. The molecule has 0 aliphatic heterocycles. The molecule has 0 saturated carbocycles.